The molecule has 96 valence electrons. The second-order valence-corrected chi connectivity index (χ2v) is 4.14. The molecule has 0 saturated heterocycles. The van der Waals surface area contributed by atoms with Gasteiger partial charge < -0.3 is 10.2 Å². The van der Waals surface area contributed by atoms with Crippen LogP contribution in [0, 0.1) is 0 Å². The standard InChI is InChI=1S/C16H14O3/c17-15-13(10-5-11-14(15)16(18)19)9-4-8-12-6-2-1-3-7-12/h1-8,10-11,17H,9H2,(H,18,19). The maximum absolute atomic E-state index is 10.9. The summed E-state index contributed by atoms with van der Waals surface area (Å²) < 4.78 is 0. The van der Waals surface area contributed by atoms with E-state index in [1.165, 1.54) is 6.07 Å². The monoisotopic (exact) mass is 254 g/mol. The largest absolute Gasteiger partial charge is 0.507 e. The average molecular weight is 254 g/mol. The molecular formula is C16H14O3. The Morgan fingerprint density at radius 2 is 1.79 bits per heavy atom. The predicted octanol–water partition coefficient (Wildman–Crippen LogP) is 3.35. The van der Waals surface area contributed by atoms with E-state index in [1.807, 2.05) is 42.5 Å². The van der Waals surface area contributed by atoms with Crippen molar-refractivity contribution in [2.75, 3.05) is 0 Å². The predicted molar refractivity (Wildman–Crippen MR) is 74.2 cm³/mol. The lowest BCUT2D eigenvalue weighted by Crippen LogP contribution is -1.98. The molecule has 0 heterocycles. The Morgan fingerprint density at radius 1 is 1.05 bits per heavy atom. The van der Waals surface area contributed by atoms with Gasteiger partial charge in [0, 0.05) is 0 Å². The summed E-state index contributed by atoms with van der Waals surface area (Å²) in [6, 6.07) is 14.5. The van der Waals surface area contributed by atoms with Crippen LogP contribution in [0.5, 0.6) is 5.75 Å². The summed E-state index contributed by atoms with van der Waals surface area (Å²) in [4.78, 5) is 10.9. The molecular weight excluding hydrogens is 240 g/mol. The molecule has 0 aliphatic carbocycles. The minimum atomic E-state index is -1.12. The first kappa shape index (κ1) is 12.9. The van der Waals surface area contributed by atoms with E-state index >= 15 is 0 Å². The number of aromatic hydroxyl groups is 1. The van der Waals surface area contributed by atoms with Gasteiger partial charge in [0.25, 0.3) is 0 Å². The van der Waals surface area contributed by atoms with Crippen LogP contribution < -0.4 is 0 Å². The van der Waals surface area contributed by atoms with Gasteiger partial charge in [0.1, 0.15) is 11.3 Å². The SMILES string of the molecule is O=C(O)c1cccc(CC=Cc2ccccc2)c1O. The van der Waals surface area contributed by atoms with E-state index in [0.717, 1.165) is 5.56 Å². The number of aromatic carboxylic acids is 1. The first-order valence-electron chi connectivity index (χ1n) is 5.94. The van der Waals surface area contributed by atoms with E-state index in [0.29, 0.717) is 12.0 Å². The normalized spacial score (nSPS) is 10.7. The number of carbonyl (C=O) groups is 1. The second-order valence-electron chi connectivity index (χ2n) is 4.14. The molecule has 3 nitrogen and oxygen atoms in total. The van der Waals surface area contributed by atoms with Crippen LogP contribution in [0.3, 0.4) is 0 Å². The number of carboxylic acid groups (broad SMARTS) is 1. The molecule has 2 aromatic rings. The summed E-state index contributed by atoms with van der Waals surface area (Å²) in [5.41, 5.74) is 1.61. The topological polar surface area (TPSA) is 57.5 Å². The smallest absolute Gasteiger partial charge is 0.339 e. The maximum Gasteiger partial charge on any atom is 0.339 e. The minimum absolute atomic E-state index is 0.0642. The van der Waals surface area contributed by atoms with Crippen molar-refractivity contribution in [1.29, 1.82) is 0 Å². The molecule has 0 radical (unpaired) electrons. The van der Waals surface area contributed by atoms with Crippen LogP contribution in [0.2, 0.25) is 0 Å². The van der Waals surface area contributed by atoms with Gasteiger partial charge in [-0.15, -0.1) is 0 Å². The van der Waals surface area contributed by atoms with E-state index in [4.69, 9.17) is 5.11 Å². The molecule has 0 aromatic heterocycles. The van der Waals surface area contributed by atoms with Gasteiger partial charge in [0.05, 0.1) is 0 Å². The van der Waals surface area contributed by atoms with Crippen molar-refractivity contribution in [3.05, 3.63) is 71.3 Å². The number of allylic oxidation sites excluding steroid dienone is 1. The van der Waals surface area contributed by atoms with Gasteiger partial charge in [-0.3, -0.25) is 0 Å². The third-order valence-corrected chi connectivity index (χ3v) is 2.80. The highest BCUT2D eigenvalue weighted by Gasteiger charge is 2.11. The van der Waals surface area contributed by atoms with Gasteiger partial charge in [-0.05, 0) is 23.6 Å². The molecule has 0 saturated carbocycles. The molecule has 0 atom stereocenters. The molecule has 2 rings (SSSR count). The maximum atomic E-state index is 10.9. The van der Waals surface area contributed by atoms with Crippen molar-refractivity contribution < 1.29 is 15.0 Å². The third kappa shape index (κ3) is 3.22. The molecule has 0 amide bonds. The Kier molecular flexibility index (Phi) is 3.98. The number of para-hydroxylation sites is 1. The van der Waals surface area contributed by atoms with Crippen molar-refractivity contribution in [2.24, 2.45) is 0 Å². The van der Waals surface area contributed by atoms with Gasteiger partial charge in [0.15, 0.2) is 0 Å². The van der Waals surface area contributed by atoms with Gasteiger partial charge >= 0.3 is 5.97 Å². The molecule has 0 aliphatic rings. The zero-order valence-corrected chi connectivity index (χ0v) is 10.3. The van der Waals surface area contributed by atoms with Gasteiger partial charge in [-0.2, -0.15) is 0 Å². The summed E-state index contributed by atoms with van der Waals surface area (Å²) >= 11 is 0. The molecule has 0 unspecified atom stereocenters. The van der Waals surface area contributed by atoms with Crippen LogP contribution in [-0.2, 0) is 6.42 Å². The summed E-state index contributed by atoms with van der Waals surface area (Å²) in [7, 11) is 0. The number of hydrogen-bond donors (Lipinski definition) is 2. The van der Waals surface area contributed by atoms with E-state index in [9.17, 15) is 9.90 Å². The zero-order chi connectivity index (χ0) is 13.7. The fourth-order valence-corrected chi connectivity index (χ4v) is 1.81. The van der Waals surface area contributed by atoms with Crippen LogP contribution in [0.1, 0.15) is 21.5 Å². The van der Waals surface area contributed by atoms with Crippen molar-refractivity contribution in [2.45, 2.75) is 6.42 Å². The van der Waals surface area contributed by atoms with E-state index in [1.54, 1.807) is 12.1 Å². The minimum Gasteiger partial charge on any atom is -0.507 e. The Morgan fingerprint density at radius 3 is 2.47 bits per heavy atom. The molecule has 0 fully saturated rings. The van der Waals surface area contributed by atoms with Crippen LogP contribution in [0.4, 0.5) is 0 Å². The third-order valence-electron chi connectivity index (χ3n) is 2.80. The fraction of sp³-hybridized carbons (Fsp3) is 0.0625. The van der Waals surface area contributed by atoms with Crippen molar-refractivity contribution in [3.63, 3.8) is 0 Å². The van der Waals surface area contributed by atoms with E-state index < -0.39 is 5.97 Å². The molecule has 0 aliphatic heterocycles. The Labute approximate surface area is 111 Å². The summed E-state index contributed by atoms with van der Waals surface area (Å²) in [6.07, 6.45) is 4.32. The van der Waals surface area contributed by atoms with Crippen LogP contribution in [0.15, 0.2) is 54.6 Å². The molecule has 3 heteroatoms. The van der Waals surface area contributed by atoms with Gasteiger partial charge in [0.2, 0.25) is 0 Å². The number of phenols is 1. The molecule has 2 N–H and O–H groups in total. The van der Waals surface area contributed by atoms with Crippen molar-refractivity contribution >= 4 is 12.0 Å². The van der Waals surface area contributed by atoms with Crippen LogP contribution >= 0.6 is 0 Å². The summed E-state index contributed by atoms with van der Waals surface area (Å²) in [6.45, 7) is 0. The lowest BCUT2D eigenvalue weighted by molar-refractivity contribution is 0.0693. The van der Waals surface area contributed by atoms with E-state index in [-0.39, 0.29) is 11.3 Å². The molecule has 19 heavy (non-hydrogen) atoms. The highest BCUT2D eigenvalue weighted by molar-refractivity contribution is 5.91. The first-order valence-corrected chi connectivity index (χ1v) is 5.94. The number of benzene rings is 2. The lowest BCUT2D eigenvalue weighted by atomic mass is 10.1. The fourth-order valence-electron chi connectivity index (χ4n) is 1.81. The quantitative estimate of drug-likeness (QED) is 0.879. The van der Waals surface area contributed by atoms with Gasteiger partial charge in [-0.25, -0.2) is 4.79 Å². The Bertz CT molecular complexity index is 601. The Balaban J connectivity index is 2.14. The molecule has 0 spiro atoms. The molecule has 0 bridgehead atoms. The van der Waals surface area contributed by atoms with Crippen molar-refractivity contribution in [1.82, 2.24) is 0 Å². The number of rotatable bonds is 4. The Hall–Kier alpha value is -2.55. The number of carboxylic acids is 1. The van der Waals surface area contributed by atoms with Crippen molar-refractivity contribution in [3.8, 4) is 5.75 Å². The van der Waals surface area contributed by atoms with E-state index in [2.05, 4.69) is 0 Å². The lowest BCUT2D eigenvalue weighted by Gasteiger charge is -2.04. The zero-order valence-electron chi connectivity index (χ0n) is 10.3. The highest BCUT2D eigenvalue weighted by atomic mass is 16.4. The average Bonchev–Trinajstić information content (AvgIpc) is 2.41. The second kappa shape index (κ2) is 5.87. The van der Waals surface area contributed by atoms with Crippen LogP contribution in [-0.4, -0.2) is 16.2 Å². The summed E-state index contributed by atoms with van der Waals surface area (Å²) in [5.74, 6) is -1.28. The van der Waals surface area contributed by atoms with Crippen LogP contribution in [0.25, 0.3) is 6.08 Å². The summed E-state index contributed by atoms with van der Waals surface area (Å²) in [5, 5.41) is 18.8. The number of hydrogen-bond acceptors (Lipinski definition) is 2. The van der Waals surface area contributed by atoms with Gasteiger partial charge in [-0.1, -0.05) is 54.6 Å². The molecule has 2 aromatic carbocycles. The first-order chi connectivity index (χ1) is 9.18. The highest BCUT2D eigenvalue weighted by Crippen LogP contribution is 2.23.